The highest BCUT2D eigenvalue weighted by atomic mass is 16.5. The van der Waals surface area contributed by atoms with Crippen LogP contribution in [0.25, 0.3) is 11.3 Å². The fraction of sp³-hybridized carbons (Fsp3) is 0.438. The molecule has 4 heteroatoms. The number of hydrogen-bond acceptors (Lipinski definition) is 3. The molecule has 0 amide bonds. The van der Waals surface area contributed by atoms with Gasteiger partial charge in [-0.05, 0) is 18.2 Å². The van der Waals surface area contributed by atoms with Crippen LogP contribution in [0.1, 0.15) is 26.5 Å². The third-order valence-electron chi connectivity index (χ3n) is 3.53. The van der Waals surface area contributed by atoms with E-state index in [4.69, 9.17) is 4.74 Å². The van der Waals surface area contributed by atoms with Crippen molar-refractivity contribution in [3.63, 3.8) is 0 Å². The van der Waals surface area contributed by atoms with Crippen molar-refractivity contribution in [1.29, 1.82) is 0 Å². The zero-order valence-electron chi connectivity index (χ0n) is 12.1. The molecule has 1 atom stereocenters. The molecule has 106 valence electrons. The minimum absolute atomic E-state index is 0.0190. The van der Waals surface area contributed by atoms with E-state index in [-0.39, 0.29) is 5.41 Å². The quantitative estimate of drug-likeness (QED) is 0.802. The van der Waals surface area contributed by atoms with Crippen LogP contribution >= 0.6 is 0 Å². The molecule has 2 heterocycles. The topological polar surface area (TPSA) is 47.3 Å². The van der Waals surface area contributed by atoms with Crippen LogP contribution in [0.2, 0.25) is 0 Å². The van der Waals surface area contributed by atoms with Crippen molar-refractivity contribution in [3.05, 3.63) is 36.0 Å². The Morgan fingerprint density at radius 1 is 1.30 bits per heavy atom. The maximum absolute atomic E-state index is 10.0. The highest BCUT2D eigenvalue weighted by molar-refractivity contribution is 5.68. The Bertz CT molecular complexity index is 626. The summed E-state index contributed by atoms with van der Waals surface area (Å²) in [6, 6.07) is 10.0. The van der Waals surface area contributed by atoms with Crippen LogP contribution in [-0.4, -0.2) is 27.6 Å². The average Bonchev–Trinajstić information content (AvgIpc) is 2.78. The van der Waals surface area contributed by atoms with E-state index >= 15 is 0 Å². The minimum atomic E-state index is -0.546. The Morgan fingerprint density at radius 2 is 2.05 bits per heavy atom. The Labute approximate surface area is 119 Å². The van der Waals surface area contributed by atoms with E-state index in [1.807, 2.05) is 28.9 Å². The molecular weight excluding hydrogens is 252 g/mol. The Morgan fingerprint density at radius 3 is 2.80 bits per heavy atom. The molecule has 0 radical (unpaired) electrons. The first-order chi connectivity index (χ1) is 9.45. The van der Waals surface area contributed by atoms with E-state index in [0.29, 0.717) is 13.2 Å². The monoisotopic (exact) mass is 272 g/mol. The molecule has 0 bridgehead atoms. The number of aromatic nitrogens is 2. The first-order valence-corrected chi connectivity index (χ1v) is 6.94. The summed E-state index contributed by atoms with van der Waals surface area (Å²) in [5.74, 6) is 0.799. The van der Waals surface area contributed by atoms with Crippen LogP contribution in [0.4, 0.5) is 0 Å². The number of benzene rings is 1. The van der Waals surface area contributed by atoms with Crippen molar-refractivity contribution < 1.29 is 9.84 Å². The van der Waals surface area contributed by atoms with Crippen LogP contribution < -0.4 is 4.74 Å². The van der Waals surface area contributed by atoms with Crippen LogP contribution in [0, 0.1) is 0 Å². The smallest absolute Gasteiger partial charge is 0.128 e. The van der Waals surface area contributed by atoms with E-state index in [2.05, 4.69) is 31.9 Å². The molecule has 0 saturated heterocycles. The van der Waals surface area contributed by atoms with Crippen molar-refractivity contribution in [2.75, 3.05) is 6.61 Å². The molecule has 0 aliphatic carbocycles. The fourth-order valence-corrected chi connectivity index (χ4v) is 2.38. The van der Waals surface area contributed by atoms with Crippen molar-refractivity contribution in [1.82, 2.24) is 9.78 Å². The van der Waals surface area contributed by atoms with Gasteiger partial charge in [0.15, 0.2) is 0 Å². The summed E-state index contributed by atoms with van der Waals surface area (Å²) in [5, 5.41) is 14.7. The van der Waals surface area contributed by atoms with Gasteiger partial charge < -0.3 is 9.84 Å². The minimum Gasteiger partial charge on any atom is -0.490 e. The van der Waals surface area contributed by atoms with Crippen molar-refractivity contribution in [2.45, 2.75) is 38.8 Å². The molecule has 1 aromatic carbocycles. The van der Waals surface area contributed by atoms with Crippen molar-refractivity contribution in [2.24, 2.45) is 0 Å². The molecule has 0 unspecified atom stereocenters. The molecule has 1 N–H and O–H groups in total. The Hall–Kier alpha value is -1.81. The molecule has 1 aliphatic heterocycles. The largest absolute Gasteiger partial charge is 0.490 e. The maximum Gasteiger partial charge on any atom is 0.128 e. The standard InChI is InChI=1S/C16H20N2O2/c1-16(2,3)15-8-13-12-6-4-5-7-14(12)20-10-11(19)9-18(13)17-15/h4-8,11,19H,9-10H2,1-3H3/t11-/m0/s1. The average molecular weight is 272 g/mol. The molecule has 0 saturated carbocycles. The fourth-order valence-electron chi connectivity index (χ4n) is 2.38. The van der Waals surface area contributed by atoms with Gasteiger partial charge in [0.2, 0.25) is 0 Å². The Kier molecular flexibility index (Phi) is 3.05. The number of hydrogen-bond donors (Lipinski definition) is 1. The lowest BCUT2D eigenvalue weighted by molar-refractivity contribution is 0.0876. The summed E-state index contributed by atoms with van der Waals surface area (Å²) >= 11 is 0. The van der Waals surface area contributed by atoms with E-state index in [0.717, 1.165) is 22.7 Å². The molecule has 4 nitrogen and oxygen atoms in total. The normalized spacial score (nSPS) is 18.5. The maximum atomic E-state index is 10.0. The van der Waals surface area contributed by atoms with E-state index in [9.17, 15) is 5.11 Å². The number of para-hydroxylation sites is 1. The molecule has 2 aromatic rings. The van der Waals surface area contributed by atoms with Crippen LogP contribution in [0.3, 0.4) is 0 Å². The zero-order valence-corrected chi connectivity index (χ0v) is 12.1. The van der Waals surface area contributed by atoms with Gasteiger partial charge >= 0.3 is 0 Å². The highest BCUT2D eigenvalue weighted by Gasteiger charge is 2.24. The van der Waals surface area contributed by atoms with Crippen molar-refractivity contribution in [3.8, 4) is 17.0 Å². The molecular formula is C16H20N2O2. The second kappa shape index (κ2) is 4.63. The molecule has 1 aromatic heterocycles. The van der Waals surface area contributed by atoms with E-state index in [1.165, 1.54) is 0 Å². The number of aliphatic hydroxyl groups is 1. The van der Waals surface area contributed by atoms with Gasteiger partial charge in [-0.2, -0.15) is 5.10 Å². The predicted octanol–water partition coefficient (Wildman–Crippen LogP) is 2.60. The SMILES string of the molecule is CC(C)(C)c1cc2n(n1)C[C@H](O)COc1ccccc1-2. The lowest BCUT2D eigenvalue weighted by Gasteiger charge is -2.20. The number of ether oxygens (including phenoxy) is 1. The van der Waals surface area contributed by atoms with Gasteiger partial charge in [-0.25, -0.2) is 0 Å². The highest BCUT2D eigenvalue weighted by Crippen LogP contribution is 2.34. The summed E-state index contributed by atoms with van der Waals surface area (Å²) in [4.78, 5) is 0. The first kappa shape index (κ1) is 13.2. The summed E-state index contributed by atoms with van der Waals surface area (Å²) in [6.45, 7) is 7.17. The van der Waals surface area contributed by atoms with Gasteiger partial charge in [-0.15, -0.1) is 0 Å². The second-order valence-corrected chi connectivity index (χ2v) is 6.31. The summed E-state index contributed by atoms with van der Waals surface area (Å²) in [5.41, 5.74) is 3.04. The second-order valence-electron chi connectivity index (χ2n) is 6.31. The molecule has 0 fully saturated rings. The summed E-state index contributed by atoms with van der Waals surface area (Å²) in [7, 11) is 0. The van der Waals surface area contributed by atoms with Crippen LogP contribution in [0.15, 0.2) is 30.3 Å². The van der Waals surface area contributed by atoms with Gasteiger partial charge in [0, 0.05) is 11.0 Å². The number of fused-ring (bicyclic) bond motifs is 3. The number of aliphatic hydroxyl groups excluding tert-OH is 1. The van der Waals surface area contributed by atoms with Gasteiger partial charge in [0.25, 0.3) is 0 Å². The molecule has 1 aliphatic rings. The van der Waals surface area contributed by atoms with Gasteiger partial charge in [0.1, 0.15) is 18.5 Å². The molecule has 3 rings (SSSR count). The zero-order chi connectivity index (χ0) is 14.3. The summed E-state index contributed by atoms with van der Waals surface area (Å²) in [6.07, 6.45) is -0.546. The van der Waals surface area contributed by atoms with Crippen LogP contribution in [-0.2, 0) is 12.0 Å². The van der Waals surface area contributed by atoms with Gasteiger partial charge in [-0.3, -0.25) is 4.68 Å². The number of nitrogens with zero attached hydrogens (tertiary/aromatic N) is 2. The third kappa shape index (κ3) is 2.31. The van der Waals surface area contributed by atoms with E-state index < -0.39 is 6.10 Å². The molecule has 0 spiro atoms. The van der Waals surface area contributed by atoms with E-state index in [1.54, 1.807) is 0 Å². The van der Waals surface area contributed by atoms with Crippen molar-refractivity contribution >= 4 is 0 Å². The number of rotatable bonds is 0. The Balaban J connectivity index is 2.18. The van der Waals surface area contributed by atoms with Crippen LogP contribution in [0.5, 0.6) is 5.75 Å². The summed E-state index contributed by atoms with van der Waals surface area (Å²) < 4.78 is 7.60. The first-order valence-electron chi connectivity index (χ1n) is 6.94. The predicted molar refractivity (Wildman–Crippen MR) is 77.9 cm³/mol. The molecule has 20 heavy (non-hydrogen) atoms. The third-order valence-corrected chi connectivity index (χ3v) is 3.53. The van der Waals surface area contributed by atoms with Gasteiger partial charge in [-0.1, -0.05) is 32.9 Å². The lowest BCUT2D eigenvalue weighted by Crippen LogP contribution is -2.26. The van der Waals surface area contributed by atoms with Gasteiger partial charge in [0.05, 0.1) is 17.9 Å². The lowest BCUT2D eigenvalue weighted by atomic mass is 9.92.